The zero-order valence-corrected chi connectivity index (χ0v) is 13.4. The predicted molar refractivity (Wildman–Crippen MR) is 91.5 cm³/mol. The lowest BCUT2D eigenvalue weighted by Gasteiger charge is -2.11. The van der Waals surface area contributed by atoms with Gasteiger partial charge in [0.25, 0.3) is 5.91 Å². The number of benzene rings is 2. The highest BCUT2D eigenvalue weighted by Crippen LogP contribution is 2.25. The molecule has 0 atom stereocenters. The number of halogens is 2. The van der Waals surface area contributed by atoms with Gasteiger partial charge in [0.2, 0.25) is 0 Å². The summed E-state index contributed by atoms with van der Waals surface area (Å²) < 4.78 is 0. The number of hydrogen-bond acceptors (Lipinski definition) is 2. The van der Waals surface area contributed by atoms with Crippen LogP contribution in [0.5, 0.6) is 0 Å². The number of carbonyl (C=O) groups excluding carboxylic acids is 1. The van der Waals surface area contributed by atoms with E-state index in [0.29, 0.717) is 32.4 Å². The van der Waals surface area contributed by atoms with Crippen molar-refractivity contribution in [1.82, 2.24) is 0 Å². The van der Waals surface area contributed by atoms with Crippen LogP contribution in [0, 0.1) is 6.92 Å². The molecule has 0 aliphatic carbocycles. The van der Waals surface area contributed by atoms with E-state index >= 15 is 0 Å². The Kier molecular flexibility index (Phi) is 4.83. The molecule has 0 radical (unpaired) electrons. The van der Waals surface area contributed by atoms with E-state index in [2.05, 4.69) is 5.32 Å². The van der Waals surface area contributed by atoms with E-state index in [4.69, 9.17) is 41.2 Å². The maximum atomic E-state index is 12.3. The number of nitrogens with two attached hydrogens (primary N) is 1. The van der Waals surface area contributed by atoms with Crippen molar-refractivity contribution in [2.45, 2.75) is 6.92 Å². The molecule has 0 saturated heterocycles. The molecule has 0 bridgehead atoms. The first-order valence-corrected chi connectivity index (χ1v) is 7.22. The molecule has 3 nitrogen and oxygen atoms in total. The first-order valence-electron chi connectivity index (χ1n) is 6.06. The molecule has 0 aliphatic rings. The van der Waals surface area contributed by atoms with Crippen molar-refractivity contribution in [3.05, 3.63) is 63.1 Å². The SMILES string of the molecule is Cc1c(Cl)cccc1C(=O)Nc1cc(C(N)=S)ccc1Cl. The fraction of sp³-hybridized carbons (Fsp3) is 0.0667. The highest BCUT2D eigenvalue weighted by atomic mass is 35.5. The lowest BCUT2D eigenvalue weighted by atomic mass is 10.1. The second kappa shape index (κ2) is 6.43. The van der Waals surface area contributed by atoms with E-state index in [0.717, 1.165) is 0 Å². The van der Waals surface area contributed by atoms with Gasteiger partial charge in [0.1, 0.15) is 4.99 Å². The summed E-state index contributed by atoms with van der Waals surface area (Å²) in [6, 6.07) is 10.1. The van der Waals surface area contributed by atoms with Gasteiger partial charge < -0.3 is 11.1 Å². The van der Waals surface area contributed by atoms with Gasteiger partial charge in [-0.3, -0.25) is 4.79 Å². The molecule has 3 N–H and O–H groups in total. The van der Waals surface area contributed by atoms with Gasteiger partial charge in [-0.15, -0.1) is 0 Å². The Balaban J connectivity index is 2.33. The second-order valence-corrected chi connectivity index (χ2v) is 5.68. The minimum Gasteiger partial charge on any atom is -0.389 e. The number of thiocarbonyl (C=S) groups is 1. The van der Waals surface area contributed by atoms with Crippen molar-refractivity contribution in [1.29, 1.82) is 0 Å². The quantitative estimate of drug-likeness (QED) is 0.825. The summed E-state index contributed by atoms with van der Waals surface area (Å²) in [5.74, 6) is -0.294. The van der Waals surface area contributed by atoms with Crippen molar-refractivity contribution in [3.63, 3.8) is 0 Å². The standard InChI is InChI=1S/C15H12Cl2N2OS/c1-8-10(3-2-4-11(8)16)15(20)19-13-7-9(14(18)21)5-6-12(13)17/h2-7H,1H3,(H2,18,21)(H,19,20). The summed E-state index contributed by atoms with van der Waals surface area (Å²) in [5.41, 5.74) is 7.85. The second-order valence-electron chi connectivity index (χ2n) is 4.43. The van der Waals surface area contributed by atoms with E-state index in [1.165, 1.54) is 0 Å². The largest absolute Gasteiger partial charge is 0.389 e. The van der Waals surface area contributed by atoms with Gasteiger partial charge in [0.05, 0.1) is 10.7 Å². The van der Waals surface area contributed by atoms with Gasteiger partial charge in [-0.05, 0) is 36.8 Å². The third-order valence-electron chi connectivity index (χ3n) is 3.01. The Morgan fingerprint density at radius 3 is 2.57 bits per heavy atom. The zero-order valence-electron chi connectivity index (χ0n) is 11.1. The molecule has 2 aromatic rings. The summed E-state index contributed by atoms with van der Waals surface area (Å²) in [6.45, 7) is 1.78. The molecule has 0 heterocycles. The minimum absolute atomic E-state index is 0.237. The average molecular weight is 339 g/mol. The molecule has 0 aliphatic heterocycles. The van der Waals surface area contributed by atoms with Crippen molar-refractivity contribution in [3.8, 4) is 0 Å². The first-order chi connectivity index (χ1) is 9.90. The Morgan fingerprint density at radius 1 is 1.19 bits per heavy atom. The van der Waals surface area contributed by atoms with Crippen LogP contribution >= 0.6 is 35.4 Å². The van der Waals surface area contributed by atoms with Gasteiger partial charge in [0, 0.05) is 16.1 Å². The maximum absolute atomic E-state index is 12.3. The number of rotatable bonds is 3. The average Bonchev–Trinajstić information content (AvgIpc) is 2.43. The van der Waals surface area contributed by atoms with Crippen molar-refractivity contribution >= 4 is 52.0 Å². The van der Waals surface area contributed by atoms with E-state index in [1.807, 2.05) is 0 Å². The third-order valence-corrected chi connectivity index (χ3v) is 3.99. The summed E-state index contributed by atoms with van der Waals surface area (Å²) in [4.78, 5) is 12.6. The van der Waals surface area contributed by atoms with Crippen LogP contribution < -0.4 is 11.1 Å². The van der Waals surface area contributed by atoms with Gasteiger partial charge >= 0.3 is 0 Å². The highest BCUT2D eigenvalue weighted by molar-refractivity contribution is 7.80. The molecular weight excluding hydrogens is 327 g/mol. The molecule has 0 saturated carbocycles. The maximum Gasteiger partial charge on any atom is 0.256 e. The normalized spacial score (nSPS) is 10.2. The smallest absolute Gasteiger partial charge is 0.256 e. The summed E-state index contributed by atoms with van der Waals surface area (Å²) in [7, 11) is 0. The predicted octanol–water partition coefficient (Wildman–Crippen LogP) is 4.19. The first kappa shape index (κ1) is 15.8. The molecule has 0 unspecified atom stereocenters. The van der Waals surface area contributed by atoms with Crippen LogP contribution in [0.2, 0.25) is 10.0 Å². The highest BCUT2D eigenvalue weighted by Gasteiger charge is 2.13. The van der Waals surface area contributed by atoms with E-state index < -0.39 is 0 Å². The molecule has 0 fully saturated rings. The van der Waals surface area contributed by atoms with Crippen molar-refractivity contribution < 1.29 is 4.79 Å². The monoisotopic (exact) mass is 338 g/mol. The summed E-state index contributed by atoms with van der Waals surface area (Å²) in [6.07, 6.45) is 0. The van der Waals surface area contributed by atoms with Crippen molar-refractivity contribution in [2.75, 3.05) is 5.32 Å². The van der Waals surface area contributed by atoms with Crippen LogP contribution in [0.4, 0.5) is 5.69 Å². The van der Waals surface area contributed by atoms with Crippen molar-refractivity contribution in [2.24, 2.45) is 5.73 Å². The van der Waals surface area contributed by atoms with Crippen LogP contribution in [-0.4, -0.2) is 10.9 Å². The van der Waals surface area contributed by atoms with E-state index in [-0.39, 0.29) is 10.9 Å². The topological polar surface area (TPSA) is 55.1 Å². The number of hydrogen-bond donors (Lipinski definition) is 2. The fourth-order valence-corrected chi connectivity index (χ4v) is 2.28. The van der Waals surface area contributed by atoms with Crippen LogP contribution in [0.3, 0.4) is 0 Å². The van der Waals surface area contributed by atoms with Gasteiger partial charge in [-0.25, -0.2) is 0 Å². The zero-order chi connectivity index (χ0) is 15.6. The van der Waals surface area contributed by atoms with Crippen LogP contribution in [0.25, 0.3) is 0 Å². The van der Waals surface area contributed by atoms with Gasteiger partial charge in [0.15, 0.2) is 0 Å². The van der Waals surface area contributed by atoms with Crippen LogP contribution in [-0.2, 0) is 0 Å². The lowest BCUT2D eigenvalue weighted by Crippen LogP contribution is -2.15. The molecule has 21 heavy (non-hydrogen) atoms. The Morgan fingerprint density at radius 2 is 1.90 bits per heavy atom. The van der Waals surface area contributed by atoms with E-state index in [1.54, 1.807) is 43.3 Å². The lowest BCUT2D eigenvalue weighted by molar-refractivity contribution is 0.102. The van der Waals surface area contributed by atoms with Gasteiger partial charge in [-0.1, -0.05) is 47.6 Å². The number of anilines is 1. The summed E-state index contributed by atoms with van der Waals surface area (Å²) >= 11 is 17.0. The number of carbonyl (C=O) groups is 1. The Hall–Kier alpha value is -1.62. The molecule has 1 amide bonds. The van der Waals surface area contributed by atoms with E-state index in [9.17, 15) is 4.79 Å². The molecule has 6 heteroatoms. The number of amides is 1. The minimum atomic E-state index is -0.294. The Bertz CT molecular complexity index is 732. The van der Waals surface area contributed by atoms with Crippen LogP contribution in [0.1, 0.15) is 21.5 Å². The third kappa shape index (κ3) is 3.53. The molecular formula is C15H12Cl2N2OS. The summed E-state index contributed by atoms with van der Waals surface area (Å²) in [5, 5.41) is 3.68. The molecule has 2 aromatic carbocycles. The number of nitrogens with one attached hydrogen (secondary N) is 1. The molecule has 2 rings (SSSR count). The van der Waals surface area contributed by atoms with Crippen LogP contribution in [0.15, 0.2) is 36.4 Å². The Labute approximate surface area is 138 Å². The fourth-order valence-electron chi connectivity index (χ4n) is 1.82. The molecule has 108 valence electrons. The molecule has 0 spiro atoms. The molecule has 0 aromatic heterocycles. The van der Waals surface area contributed by atoms with Gasteiger partial charge in [-0.2, -0.15) is 0 Å².